The summed E-state index contributed by atoms with van der Waals surface area (Å²) in [6.45, 7) is 4.18. The Balaban J connectivity index is 1.67. The van der Waals surface area contributed by atoms with Crippen LogP contribution in [0.3, 0.4) is 0 Å². The number of hydrogen-bond acceptors (Lipinski definition) is 6. The fourth-order valence-electron chi connectivity index (χ4n) is 2.65. The molecule has 2 heterocycles. The van der Waals surface area contributed by atoms with E-state index in [0.717, 1.165) is 34.9 Å². The Morgan fingerprint density at radius 3 is 3.13 bits per heavy atom. The molecule has 0 radical (unpaired) electrons. The summed E-state index contributed by atoms with van der Waals surface area (Å²) < 4.78 is 0.900. The van der Waals surface area contributed by atoms with Crippen molar-refractivity contribution < 1.29 is 4.79 Å². The zero-order valence-corrected chi connectivity index (χ0v) is 15.5. The lowest BCUT2D eigenvalue weighted by molar-refractivity contribution is -0.113. The second-order valence-electron chi connectivity index (χ2n) is 5.76. The molecule has 0 aromatic carbocycles. The number of hydrogen-bond donors (Lipinski definition) is 1. The summed E-state index contributed by atoms with van der Waals surface area (Å²) in [4.78, 5) is 17.8. The van der Waals surface area contributed by atoms with Gasteiger partial charge in [0.1, 0.15) is 11.1 Å². The highest BCUT2D eigenvalue weighted by molar-refractivity contribution is 8.01. The first-order valence-corrected chi connectivity index (χ1v) is 10.1. The standard InChI is InChI=1S/C16H17N3OS3/c1-9-3-4-11-12(6-17)15(23-13(11)5-9)19-14(20)8-22-16-18-10(2)7-21-16/h7,9H,3-5,8H2,1-2H3,(H,19,20)/t9-/m0/s1. The van der Waals surface area contributed by atoms with Gasteiger partial charge in [-0.3, -0.25) is 4.79 Å². The van der Waals surface area contributed by atoms with E-state index < -0.39 is 0 Å². The van der Waals surface area contributed by atoms with Gasteiger partial charge in [-0.1, -0.05) is 18.7 Å². The van der Waals surface area contributed by atoms with Crippen LogP contribution in [0.4, 0.5) is 5.00 Å². The van der Waals surface area contributed by atoms with Crippen LogP contribution >= 0.6 is 34.4 Å². The van der Waals surface area contributed by atoms with Gasteiger partial charge in [0.2, 0.25) is 5.91 Å². The number of aromatic nitrogens is 1. The summed E-state index contributed by atoms with van der Waals surface area (Å²) >= 11 is 4.55. The van der Waals surface area contributed by atoms with Crippen LogP contribution in [-0.4, -0.2) is 16.6 Å². The lowest BCUT2D eigenvalue weighted by Gasteiger charge is -2.17. The average molecular weight is 364 g/mol. The van der Waals surface area contributed by atoms with E-state index in [4.69, 9.17) is 0 Å². The number of thiophene rings is 1. The third-order valence-corrected chi connectivity index (χ3v) is 7.11. The number of nitriles is 1. The molecule has 23 heavy (non-hydrogen) atoms. The minimum absolute atomic E-state index is 0.0778. The molecule has 2 aromatic rings. The summed E-state index contributed by atoms with van der Waals surface area (Å²) in [6.07, 6.45) is 3.07. The Kier molecular flexibility index (Phi) is 5.05. The van der Waals surface area contributed by atoms with E-state index in [1.54, 1.807) is 22.7 Å². The highest BCUT2D eigenvalue weighted by Gasteiger charge is 2.24. The van der Waals surface area contributed by atoms with E-state index in [0.29, 0.717) is 22.2 Å². The van der Waals surface area contributed by atoms with Crippen molar-refractivity contribution in [2.24, 2.45) is 5.92 Å². The van der Waals surface area contributed by atoms with Crippen LogP contribution in [-0.2, 0) is 17.6 Å². The number of aryl methyl sites for hydroxylation is 1. The van der Waals surface area contributed by atoms with Gasteiger partial charge in [0.05, 0.1) is 11.3 Å². The Labute approximate surface area is 147 Å². The molecule has 1 N–H and O–H groups in total. The van der Waals surface area contributed by atoms with Gasteiger partial charge in [-0.15, -0.1) is 22.7 Å². The van der Waals surface area contributed by atoms with E-state index in [1.807, 2.05) is 12.3 Å². The molecular formula is C16H17N3OS3. The Hall–Kier alpha value is -1.36. The molecule has 1 aliphatic carbocycles. The van der Waals surface area contributed by atoms with Crippen LogP contribution in [0, 0.1) is 24.2 Å². The number of anilines is 1. The third-order valence-electron chi connectivity index (χ3n) is 3.80. The van der Waals surface area contributed by atoms with E-state index in [2.05, 4.69) is 23.3 Å². The second kappa shape index (κ2) is 7.04. The molecule has 0 bridgehead atoms. The number of nitrogens with one attached hydrogen (secondary N) is 1. The lowest BCUT2D eigenvalue weighted by atomic mass is 9.89. The van der Waals surface area contributed by atoms with Crippen LogP contribution in [0.5, 0.6) is 0 Å². The van der Waals surface area contributed by atoms with Crippen molar-refractivity contribution in [3.63, 3.8) is 0 Å². The Morgan fingerprint density at radius 2 is 2.43 bits per heavy atom. The molecule has 0 spiro atoms. The van der Waals surface area contributed by atoms with Crippen molar-refractivity contribution in [1.82, 2.24) is 4.98 Å². The predicted molar refractivity (Wildman–Crippen MR) is 96.4 cm³/mol. The highest BCUT2D eigenvalue weighted by Crippen LogP contribution is 2.39. The van der Waals surface area contributed by atoms with Gasteiger partial charge >= 0.3 is 0 Å². The van der Waals surface area contributed by atoms with Gasteiger partial charge in [0, 0.05) is 16.0 Å². The van der Waals surface area contributed by atoms with Crippen molar-refractivity contribution in [2.75, 3.05) is 11.1 Å². The SMILES string of the molecule is Cc1csc(SCC(=O)Nc2sc3c(c2C#N)CC[C@H](C)C3)n1. The van der Waals surface area contributed by atoms with E-state index >= 15 is 0 Å². The quantitative estimate of drug-likeness (QED) is 0.825. The molecule has 1 amide bonds. The number of carbonyl (C=O) groups excluding carboxylic acids is 1. The predicted octanol–water partition coefficient (Wildman–Crippen LogP) is 4.24. The summed E-state index contributed by atoms with van der Waals surface area (Å²) in [7, 11) is 0. The van der Waals surface area contributed by atoms with Crippen LogP contribution in [0.25, 0.3) is 0 Å². The van der Waals surface area contributed by atoms with E-state index in [-0.39, 0.29) is 5.91 Å². The average Bonchev–Trinajstić information content (AvgIpc) is 3.07. The van der Waals surface area contributed by atoms with Crippen molar-refractivity contribution in [1.29, 1.82) is 5.26 Å². The molecule has 1 aliphatic rings. The zero-order chi connectivity index (χ0) is 16.4. The number of nitrogens with zero attached hydrogens (tertiary/aromatic N) is 2. The minimum Gasteiger partial charge on any atom is -0.316 e. The number of carbonyl (C=O) groups is 1. The lowest BCUT2D eigenvalue weighted by Crippen LogP contribution is -2.14. The molecular weight excluding hydrogens is 346 g/mol. The molecule has 120 valence electrons. The first-order valence-electron chi connectivity index (χ1n) is 7.46. The minimum atomic E-state index is -0.0778. The normalized spacial score (nSPS) is 16.7. The maximum absolute atomic E-state index is 12.2. The van der Waals surface area contributed by atoms with Gasteiger partial charge in [-0.05, 0) is 37.7 Å². The highest BCUT2D eigenvalue weighted by atomic mass is 32.2. The molecule has 0 fully saturated rings. The maximum atomic E-state index is 12.2. The fourth-order valence-corrected chi connectivity index (χ4v) is 5.67. The molecule has 7 heteroatoms. The first-order chi connectivity index (χ1) is 11.1. The molecule has 1 atom stereocenters. The smallest absolute Gasteiger partial charge is 0.235 e. The van der Waals surface area contributed by atoms with Crippen molar-refractivity contribution in [3.8, 4) is 6.07 Å². The monoisotopic (exact) mass is 363 g/mol. The van der Waals surface area contributed by atoms with Crippen LogP contribution in [0.2, 0.25) is 0 Å². The van der Waals surface area contributed by atoms with Gasteiger partial charge in [0.25, 0.3) is 0 Å². The zero-order valence-electron chi connectivity index (χ0n) is 13.0. The van der Waals surface area contributed by atoms with E-state index in [1.165, 1.54) is 16.6 Å². The Morgan fingerprint density at radius 1 is 1.61 bits per heavy atom. The number of thiazole rings is 1. The molecule has 0 unspecified atom stereocenters. The first kappa shape index (κ1) is 16.5. The number of rotatable bonds is 4. The molecule has 0 aliphatic heterocycles. The Bertz CT molecular complexity index is 772. The van der Waals surface area contributed by atoms with Crippen LogP contribution in [0.15, 0.2) is 9.72 Å². The van der Waals surface area contributed by atoms with Gasteiger partial charge in [0.15, 0.2) is 4.34 Å². The van der Waals surface area contributed by atoms with Crippen LogP contribution in [0.1, 0.15) is 35.0 Å². The molecule has 0 saturated carbocycles. The largest absolute Gasteiger partial charge is 0.316 e. The number of amides is 1. The topological polar surface area (TPSA) is 65.8 Å². The van der Waals surface area contributed by atoms with Gasteiger partial charge < -0.3 is 5.32 Å². The molecule has 4 nitrogen and oxygen atoms in total. The van der Waals surface area contributed by atoms with Crippen molar-refractivity contribution in [2.45, 2.75) is 37.4 Å². The van der Waals surface area contributed by atoms with Crippen LogP contribution < -0.4 is 5.32 Å². The summed E-state index contributed by atoms with van der Waals surface area (Å²) in [5.41, 5.74) is 2.79. The van der Waals surface area contributed by atoms with Gasteiger partial charge in [-0.25, -0.2) is 4.98 Å². The number of fused-ring (bicyclic) bond motifs is 1. The van der Waals surface area contributed by atoms with Gasteiger partial charge in [-0.2, -0.15) is 5.26 Å². The summed E-state index contributed by atoms with van der Waals surface area (Å²) in [5, 5.41) is 15.1. The fraction of sp³-hybridized carbons (Fsp3) is 0.438. The third kappa shape index (κ3) is 3.77. The number of thioether (sulfide) groups is 1. The summed E-state index contributed by atoms with van der Waals surface area (Å²) in [6, 6.07) is 2.28. The van der Waals surface area contributed by atoms with Crippen molar-refractivity contribution in [3.05, 3.63) is 27.1 Å². The maximum Gasteiger partial charge on any atom is 0.235 e. The molecule has 3 rings (SSSR count). The molecule has 2 aromatic heterocycles. The second-order valence-corrected chi connectivity index (χ2v) is 8.95. The summed E-state index contributed by atoms with van der Waals surface area (Å²) in [5.74, 6) is 0.891. The molecule has 0 saturated heterocycles. The van der Waals surface area contributed by atoms with E-state index in [9.17, 15) is 10.1 Å². The van der Waals surface area contributed by atoms with Crippen molar-refractivity contribution >= 4 is 45.3 Å².